The predicted octanol–water partition coefficient (Wildman–Crippen LogP) is 2.34. The number of rotatable bonds is 4. The number of nitrogens with zero attached hydrogens (tertiary/aromatic N) is 3. The van der Waals surface area contributed by atoms with Gasteiger partial charge in [0, 0.05) is 17.9 Å². The first kappa shape index (κ1) is 11.4. The molecule has 0 spiro atoms. The normalized spacial score (nSPS) is 10.8. The van der Waals surface area contributed by atoms with E-state index in [0.717, 1.165) is 12.8 Å². The lowest BCUT2D eigenvalue weighted by Crippen LogP contribution is -2.33. The van der Waals surface area contributed by atoms with Crippen LogP contribution in [0.1, 0.15) is 39.3 Å². The van der Waals surface area contributed by atoms with E-state index in [9.17, 15) is 0 Å². The van der Waals surface area contributed by atoms with E-state index in [4.69, 9.17) is 5.26 Å². The second kappa shape index (κ2) is 4.74. The van der Waals surface area contributed by atoms with Gasteiger partial charge in [-0.25, -0.2) is 9.97 Å². The zero-order chi connectivity index (χ0) is 11.3. The quantitative estimate of drug-likeness (QED) is 0.817. The summed E-state index contributed by atoms with van der Waals surface area (Å²) in [7, 11) is 0. The Bertz CT molecular complexity index is 363. The van der Waals surface area contributed by atoms with Crippen LogP contribution < -0.4 is 5.32 Å². The molecule has 0 aliphatic heterocycles. The average Bonchev–Trinajstić information content (AvgIpc) is 2.29. The van der Waals surface area contributed by atoms with Crippen LogP contribution in [-0.2, 0) is 0 Å². The number of anilines is 1. The van der Waals surface area contributed by atoms with Crippen LogP contribution in [0.5, 0.6) is 0 Å². The van der Waals surface area contributed by atoms with Crippen molar-refractivity contribution in [3.05, 3.63) is 18.1 Å². The molecule has 0 aliphatic carbocycles. The third kappa shape index (κ3) is 2.66. The standard InChI is InChI=1S/C11H16N4/c1-4-11(3,5-2)15-10-9(8-12)13-6-7-14-10/h6-7H,4-5H2,1-3H3,(H,14,15). The highest BCUT2D eigenvalue weighted by Crippen LogP contribution is 2.21. The molecule has 0 aliphatic rings. The molecule has 0 radical (unpaired) electrons. The van der Waals surface area contributed by atoms with E-state index in [0.29, 0.717) is 11.5 Å². The molecule has 4 nitrogen and oxygen atoms in total. The zero-order valence-corrected chi connectivity index (χ0v) is 9.41. The van der Waals surface area contributed by atoms with E-state index in [1.807, 2.05) is 6.07 Å². The summed E-state index contributed by atoms with van der Waals surface area (Å²) in [6.07, 6.45) is 5.07. The summed E-state index contributed by atoms with van der Waals surface area (Å²) in [6.45, 7) is 6.33. The van der Waals surface area contributed by atoms with Crippen molar-refractivity contribution in [1.82, 2.24) is 9.97 Å². The molecule has 80 valence electrons. The highest BCUT2D eigenvalue weighted by Gasteiger charge is 2.21. The van der Waals surface area contributed by atoms with E-state index in [1.54, 1.807) is 6.20 Å². The third-order valence-electron chi connectivity index (χ3n) is 2.78. The van der Waals surface area contributed by atoms with Crippen molar-refractivity contribution in [2.24, 2.45) is 0 Å². The van der Waals surface area contributed by atoms with Crippen molar-refractivity contribution in [1.29, 1.82) is 5.26 Å². The summed E-state index contributed by atoms with van der Waals surface area (Å²) in [4.78, 5) is 8.10. The summed E-state index contributed by atoms with van der Waals surface area (Å²) in [5.74, 6) is 0.575. The molecule has 1 aromatic rings. The number of hydrogen-bond acceptors (Lipinski definition) is 4. The van der Waals surface area contributed by atoms with Gasteiger partial charge in [-0.3, -0.25) is 0 Å². The van der Waals surface area contributed by atoms with E-state index in [-0.39, 0.29) is 5.54 Å². The number of hydrogen-bond donors (Lipinski definition) is 1. The first-order valence-corrected chi connectivity index (χ1v) is 5.14. The number of nitriles is 1. The molecule has 0 saturated carbocycles. The minimum atomic E-state index is -0.0262. The first-order valence-electron chi connectivity index (χ1n) is 5.14. The lowest BCUT2D eigenvalue weighted by atomic mass is 9.95. The van der Waals surface area contributed by atoms with Crippen molar-refractivity contribution in [3.63, 3.8) is 0 Å². The van der Waals surface area contributed by atoms with Gasteiger partial charge in [-0.15, -0.1) is 0 Å². The molecule has 0 fully saturated rings. The molecule has 0 bridgehead atoms. The van der Waals surface area contributed by atoms with Gasteiger partial charge in [0.25, 0.3) is 0 Å². The smallest absolute Gasteiger partial charge is 0.182 e. The Balaban J connectivity index is 2.94. The van der Waals surface area contributed by atoms with Gasteiger partial charge in [0.05, 0.1) is 0 Å². The van der Waals surface area contributed by atoms with Gasteiger partial charge in [-0.05, 0) is 19.8 Å². The topological polar surface area (TPSA) is 61.6 Å². The number of aromatic nitrogens is 2. The molecule has 0 atom stereocenters. The molecule has 15 heavy (non-hydrogen) atoms. The fourth-order valence-corrected chi connectivity index (χ4v) is 1.22. The van der Waals surface area contributed by atoms with Crippen molar-refractivity contribution < 1.29 is 0 Å². The van der Waals surface area contributed by atoms with Crippen LogP contribution in [0.15, 0.2) is 12.4 Å². The maximum atomic E-state index is 8.87. The lowest BCUT2D eigenvalue weighted by Gasteiger charge is -2.28. The Hall–Kier alpha value is -1.63. The van der Waals surface area contributed by atoms with Crippen LogP contribution in [0.2, 0.25) is 0 Å². The summed E-state index contributed by atoms with van der Waals surface area (Å²) in [5.41, 5.74) is 0.326. The van der Waals surface area contributed by atoms with Gasteiger partial charge >= 0.3 is 0 Å². The van der Waals surface area contributed by atoms with Gasteiger partial charge < -0.3 is 5.32 Å². The molecular formula is C11H16N4. The van der Waals surface area contributed by atoms with Crippen LogP contribution in [0, 0.1) is 11.3 Å². The molecule has 1 heterocycles. The Morgan fingerprint density at radius 1 is 1.33 bits per heavy atom. The Morgan fingerprint density at radius 3 is 2.47 bits per heavy atom. The van der Waals surface area contributed by atoms with Gasteiger partial charge in [0.1, 0.15) is 6.07 Å². The third-order valence-corrected chi connectivity index (χ3v) is 2.78. The minimum Gasteiger partial charge on any atom is -0.363 e. The lowest BCUT2D eigenvalue weighted by molar-refractivity contribution is 0.476. The molecule has 4 heteroatoms. The van der Waals surface area contributed by atoms with Crippen molar-refractivity contribution in [2.45, 2.75) is 39.2 Å². The summed E-state index contributed by atoms with van der Waals surface area (Å²) >= 11 is 0. The second-order valence-corrected chi connectivity index (χ2v) is 3.76. The van der Waals surface area contributed by atoms with Gasteiger partial charge in [0.15, 0.2) is 11.5 Å². The van der Waals surface area contributed by atoms with E-state index in [2.05, 4.69) is 36.1 Å². The predicted molar refractivity (Wildman–Crippen MR) is 59.4 cm³/mol. The highest BCUT2D eigenvalue weighted by molar-refractivity contribution is 5.48. The van der Waals surface area contributed by atoms with E-state index in [1.165, 1.54) is 6.20 Å². The minimum absolute atomic E-state index is 0.0262. The maximum Gasteiger partial charge on any atom is 0.182 e. The number of nitrogens with one attached hydrogen (secondary N) is 1. The van der Waals surface area contributed by atoms with Crippen LogP contribution >= 0.6 is 0 Å². The molecule has 0 unspecified atom stereocenters. The summed E-state index contributed by atoms with van der Waals surface area (Å²) < 4.78 is 0. The molecule has 1 N–H and O–H groups in total. The Labute approximate surface area is 90.4 Å². The maximum absolute atomic E-state index is 8.87. The first-order chi connectivity index (χ1) is 7.15. The Kier molecular flexibility index (Phi) is 3.62. The SMILES string of the molecule is CCC(C)(CC)Nc1nccnc1C#N. The molecule has 1 aromatic heterocycles. The summed E-state index contributed by atoms with van der Waals surface area (Å²) in [5, 5.41) is 12.1. The monoisotopic (exact) mass is 204 g/mol. The van der Waals surface area contributed by atoms with Gasteiger partial charge in [-0.1, -0.05) is 13.8 Å². The van der Waals surface area contributed by atoms with Gasteiger partial charge in [-0.2, -0.15) is 5.26 Å². The fraction of sp³-hybridized carbons (Fsp3) is 0.545. The van der Waals surface area contributed by atoms with E-state index >= 15 is 0 Å². The molecule has 0 amide bonds. The van der Waals surface area contributed by atoms with Crippen molar-refractivity contribution in [3.8, 4) is 6.07 Å². The summed E-state index contributed by atoms with van der Waals surface area (Å²) in [6, 6.07) is 2.03. The zero-order valence-electron chi connectivity index (χ0n) is 9.41. The van der Waals surface area contributed by atoms with Crippen LogP contribution in [0.25, 0.3) is 0 Å². The molecule has 0 aromatic carbocycles. The average molecular weight is 204 g/mol. The Morgan fingerprint density at radius 2 is 1.93 bits per heavy atom. The fourth-order valence-electron chi connectivity index (χ4n) is 1.22. The largest absolute Gasteiger partial charge is 0.363 e. The van der Waals surface area contributed by atoms with E-state index < -0.39 is 0 Å². The molecule has 1 rings (SSSR count). The van der Waals surface area contributed by atoms with Crippen LogP contribution in [0.4, 0.5) is 5.82 Å². The second-order valence-electron chi connectivity index (χ2n) is 3.76. The van der Waals surface area contributed by atoms with Crippen LogP contribution in [-0.4, -0.2) is 15.5 Å². The van der Waals surface area contributed by atoms with Crippen LogP contribution in [0.3, 0.4) is 0 Å². The van der Waals surface area contributed by atoms with Crippen molar-refractivity contribution in [2.75, 3.05) is 5.32 Å². The molecule has 0 saturated heterocycles. The van der Waals surface area contributed by atoms with Crippen molar-refractivity contribution >= 4 is 5.82 Å². The van der Waals surface area contributed by atoms with Gasteiger partial charge in [0.2, 0.25) is 0 Å². The molecular weight excluding hydrogens is 188 g/mol. The highest BCUT2D eigenvalue weighted by atomic mass is 15.1.